The lowest BCUT2D eigenvalue weighted by atomic mass is 10.2. The van der Waals surface area contributed by atoms with E-state index >= 15 is 0 Å². The Hall–Kier alpha value is -1.05. The molecule has 0 atom stereocenters. The molecule has 0 amide bonds. The lowest BCUT2D eigenvalue weighted by molar-refractivity contribution is 0.615. The lowest BCUT2D eigenvalue weighted by Crippen LogP contribution is -1.99. The third-order valence-electron chi connectivity index (χ3n) is 2.89. The van der Waals surface area contributed by atoms with Crippen LogP contribution in [0.25, 0.3) is 16.7 Å². The van der Waals surface area contributed by atoms with Crippen LogP contribution in [0.1, 0.15) is 0 Å². The molecule has 20 heavy (non-hydrogen) atoms. The average Bonchev–Trinajstić information content (AvgIpc) is 2.67. The third kappa shape index (κ3) is 2.13. The average molecular weight is 420 g/mol. The Morgan fingerprint density at radius 2 is 1.80 bits per heavy atom. The lowest BCUT2D eigenvalue weighted by Gasteiger charge is -2.08. The van der Waals surface area contributed by atoms with Gasteiger partial charge in [0, 0.05) is 10.5 Å². The highest BCUT2D eigenvalue weighted by molar-refractivity contribution is 9.10. The number of hydrogen-bond donors (Lipinski definition) is 1. The van der Waals surface area contributed by atoms with Gasteiger partial charge in [0.25, 0.3) is 0 Å². The van der Waals surface area contributed by atoms with Crippen molar-refractivity contribution in [1.82, 2.24) is 9.55 Å². The summed E-state index contributed by atoms with van der Waals surface area (Å²) in [6.07, 6.45) is 0. The van der Waals surface area contributed by atoms with Crippen molar-refractivity contribution in [3.63, 3.8) is 0 Å². The zero-order valence-corrected chi connectivity index (χ0v) is 13.7. The minimum atomic E-state index is -0.445. The largest absolute Gasteiger partial charge is 0.330 e. The Morgan fingerprint density at radius 3 is 2.50 bits per heavy atom. The summed E-state index contributed by atoms with van der Waals surface area (Å²) in [5.41, 5.74) is 1.35. The molecular formula is C13H6Br2F2N2S. The highest BCUT2D eigenvalue weighted by Crippen LogP contribution is 2.30. The summed E-state index contributed by atoms with van der Waals surface area (Å²) in [5.74, 6) is -0.882. The zero-order chi connectivity index (χ0) is 14.4. The molecule has 0 unspecified atom stereocenters. The Morgan fingerprint density at radius 1 is 1.05 bits per heavy atom. The van der Waals surface area contributed by atoms with Crippen LogP contribution in [-0.2, 0) is 0 Å². The molecule has 0 radical (unpaired) electrons. The van der Waals surface area contributed by atoms with E-state index in [4.69, 9.17) is 12.2 Å². The predicted molar refractivity (Wildman–Crippen MR) is 83.8 cm³/mol. The molecule has 0 aliphatic carbocycles. The van der Waals surface area contributed by atoms with Gasteiger partial charge in [-0.1, -0.05) is 6.07 Å². The fraction of sp³-hybridized carbons (Fsp3) is 0. The van der Waals surface area contributed by atoms with Gasteiger partial charge in [0.1, 0.15) is 11.6 Å². The van der Waals surface area contributed by atoms with Crippen molar-refractivity contribution in [1.29, 1.82) is 0 Å². The number of rotatable bonds is 1. The van der Waals surface area contributed by atoms with Gasteiger partial charge in [-0.05, 0) is 62.3 Å². The molecule has 2 nitrogen and oxygen atoms in total. The first-order valence-corrected chi connectivity index (χ1v) is 7.52. The summed E-state index contributed by atoms with van der Waals surface area (Å²) in [6, 6.07) is 7.50. The van der Waals surface area contributed by atoms with Crippen molar-refractivity contribution in [2.75, 3.05) is 0 Å². The van der Waals surface area contributed by atoms with Crippen LogP contribution >= 0.6 is 44.1 Å². The SMILES string of the molecule is Fc1cc2c(cc1Br)[nH]c(=S)n2-c1c(F)cccc1Br. The first-order chi connectivity index (χ1) is 9.49. The van der Waals surface area contributed by atoms with Crippen molar-refractivity contribution >= 4 is 55.1 Å². The summed E-state index contributed by atoms with van der Waals surface area (Å²) in [7, 11) is 0. The van der Waals surface area contributed by atoms with Gasteiger partial charge in [0.05, 0.1) is 21.2 Å². The second kappa shape index (κ2) is 5.05. The second-order valence-corrected chi connectivity index (χ2v) is 6.21. The number of nitrogens with one attached hydrogen (secondary N) is 1. The predicted octanol–water partition coefficient (Wildman–Crippen LogP) is 5.49. The van der Waals surface area contributed by atoms with Gasteiger partial charge in [0.2, 0.25) is 0 Å². The van der Waals surface area contributed by atoms with Crippen molar-refractivity contribution < 1.29 is 8.78 Å². The van der Waals surface area contributed by atoms with E-state index in [1.54, 1.807) is 18.2 Å². The van der Waals surface area contributed by atoms with Gasteiger partial charge >= 0.3 is 0 Å². The molecule has 102 valence electrons. The van der Waals surface area contributed by atoms with E-state index in [-0.39, 0.29) is 5.69 Å². The van der Waals surface area contributed by atoms with Crippen molar-refractivity contribution in [2.24, 2.45) is 0 Å². The van der Waals surface area contributed by atoms with E-state index in [9.17, 15) is 8.78 Å². The second-order valence-electron chi connectivity index (χ2n) is 4.12. The molecule has 7 heteroatoms. The van der Waals surface area contributed by atoms with E-state index < -0.39 is 11.6 Å². The van der Waals surface area contributed by atoms with Crippen LogP contribution < -0.4 is 0 Å². The third-order valence-corrected chi connectivity index (χ3v) is 4.42. The molecular weight excluding hydrogens is 414 g/mol. The number of nitrogens with zero attached hydrogens (tertiary/aromatic N) is 1. The van der Waals surface area contributed by atoms with Gasteiger partial charge in [-0.3, -0.25) is 4.57 Å². The number of aromatic amines is 1. The topological polar surface area (TPSA) is 20.7 Å². The molecule has 2 aromatic carbocycles. The van der Waals surface area contributed by atoms with Crippen LogP contribution in [-0.4, -0.2) is 9.55 Å². The summed E-state index contributed by atoms with van der Waals surface area (Å²) in [5, 5.41) is 0. The molecule has 0 spiro atoms. The maximum atomic E-state index is 14.1. The van der Waals surface area contributed by atoms with E-state index in [2.05, 4.69) is 36.8 Å². The summed E-state index contributed by atoms with van der Waals surface area (Å²) in [4.78, 5) is 2.94. The molecule has 0 saturated carbocycles. The quantitative estimate of drug-likeness (QED) is 0.517. The standard InChI is InChI=1S/C13H6Br2F2N2S/c14-6-2-1-3-8(16)12(6)19-11-5-9(17)7(15)4-10(11)18-13(19)20/h1-5H,(H,18,20). The maximum Gasteiger partial charge on any atom is 0.182 e. The highest BCUT2D eigenvalue weighted by Gasteiger charge is 2.15. The number of hydrogen-bond acceptors (Lipinski definition) is 1. The summed E-state index contributed by atoms with van der Waals surface area (Å²) >= 11 is 11.6. The zero-order valence-electron chi connectivity index (χ0n) is 9.75. The number of fused-ring (bicyclic) bond motifs is 1. The normalized spacial score (nSPS) is 11.2. The van der Waals surface area contributed by atoms with Gasteiger partial charge in [-0.2, -0.15) is 0 Å². The molecule has 0 bridgehead atoms. The molecule has 0 saturated heterocycles. The smallest absolute Gasteiger partial charge is 0.182 e. The Kier molecular flexibility index (Phi) is 3.51. The monoisotopic (exact) mass is 418 g/mol. The highest BCUT2D eigenvalue weighted by atomic mass is 79.9. The van der Waals surface area contributed by atoms with Crippen molar-refractivity contribution in [2.45, 2.75) is 0 Å². The van der Waals surface area contributed by atoms with Crippen LogP contribution in [0.2, 0.25) is 0 Å². The maximum absolute atomic E-state index is 14.1. The van der Waals surface area contributed by atoms with Crippen LogP contribution in [0.5, 0.6) is 0 Å². The molecule has 1 heterocycles. The fourth-order valence-electron chi connectivity index (χ4n) is 2.03. The summed E-state index contributed by atoms with van der Waals surface area (Å²) < 4.78 is 30.5. The number of H-pyrrole nitrogens is 1. The van der Waals surface area contributed by atoms with Gasteiger partial charge in [0.15, 0.2) is 4.77 Å². The molecule has 3 rings (SSSR count). The number of benzene rings is 2. The number of para-hydroxylation sites is 1. The van der Waals surface area contributed by atoms with Crippen molar-refractivity contribution in [3.05, 3.63) is 55.7 Å². The fourth-order valence-corrected chi connectivity index (χ4v) is 3.19. The number of imidazole rings is 1. The van der Waals surface area contributed by atoms with E-state index in [1.807, 2.05) is 0 Å². The van der Waals surface area contributed by atoms with Crippen LogP contribution in [0.3, 0.4) is 0 Å². The molecule has 1 N–H and O–H groups in total. The van der Waals surface area contributed by atoms with Crippen molar-refractivity contribution in [3.8, 4) is 5.69 Å². The van der Waals surface area contributed by atoms with E-state index in [0.717, 1.165) is 0 Å². The van der Waals surface area contributed by atoms with Gasteiger partial charge < -0.3 is 4.98 Å². The number of halogens is 4. The minimum Gasteiger partial charge on any atom is -0.330 e. The number of aromatic nitrogens is 2. The minimum absolute atomic E-state index is 0.255. The Bertz CT molecular complexity index is 866. The first-order valence-electron chi connectivity index (χ1n) is 5.53. The molecule has 3 aromatic rings. The van der Waals surface area contributed by atoms with E-state index in [0.29, 0.717) is 24.7 Å². The van der Waals surface area contributed by atoms with Crippen LogP contribution in [0.4, 0.5) is 8.78 Å². The molecule has 0 fully saturated rings. The first kappa shape index (κ1) is 13.9. The van der Waals surface area contributed by atoms with E-state index in [1.165, 1.54) is 16.7 Å². The van der Waals surface area contributed by atoms with Crippen LogP contribution in [0, 0.1) is 16.4 Å². The Balaban J connectivity index is 2.46. The Labute approximate surface area is 134 Å². The molecule has 0 aliphatic rings. The van der Waals surface area contributed by atoms with Crippen LogP contribution in [0.15, 0.2) is 39.3 Å². The molecule has 1 aromatic heterocycles. The molecule has 0 aliphatic heterocycles. The van der Waals surface area contributed by atoms with Gasteiger partial charge in [-0.15, -0.1) is 0 Å². The summed E-state index contributed by atoms with van der Waals surface area (Å²) in [6.45, 7) is 0. The van der Waals surface area contributed by atoms with Gasteiger partial charge in [-0.25, -0.2) is 8.78 Å².